The lowest BCUT2D eigenvalue weighted by molar-refractivity contribution is -0.0287. The summed E-state index contributed by atoms with van der Waals surface area (Å²) < 4.78 is 5.32. The van der Waals surface area contributed by atoms with Crippen molar-refractivity contribution >= 4 is 23.3 Å². The third-order valence-corrected chi connectivity index (χ3v) is 3.65. The fourth-order valence-corrected chi connectivity index (χ4v) is 2.27. The van der Waals surface area contributed by atoms with Gasteiger partial charge in [-0.25, -0.2) is 4.79 Å². The summed E-state index contributed by atoms with van der Waals surface area (Å²) in [5.41, 5.74) is -0.148. The van der Waals surface area contributed by atoms with Crippen LogP contribution in [0.25, 0.3) is 0 Å². The van der Waals surface area contributed by atoms with Crippen molar-refractivity contribution in [3.8, 4) is 5.75 Å². The molecule has 0 radical (unpaired) electrons. The maximum absolute atomic E-state index is 11.7. The zero-order valence-corrected chi connectivity index (χ0v) is 12.2. The molecule has 1 aromatic rings. The number of rotatable bonds is 5. The maximum Gasteiger partial charge on any atom is 0.319 e. The van der Waals surface area contributed by atoms with E-state index in [1.165, 1.54) is 0 Å². The first kappa shape index (κ1) is 14.9. The van der Waals surface area contributed by atoms with Crippen LogP contribution >= 0.6 is 11.6 Å². The highest BCUT2D eigenvalue weighted by Crippen LogP contribution is 2.30. The number of hydrogen-bond donors (Lipinski definition) is 3. The molecule has 1 aromatic carbocycles. The molecular formula is C14H19ClN2O3. The number of ether oxygens (including phenoxy) is 1. The minimum atomic E-state index is -0.728. The quantitative estimate of drug-likeness (QED) is 0.783. The van der Waals surface area contributed by atoms with Gasteiger partial charge in [0.25, 0.3) is 0 Å². The molecule has 0 aromatic heterocycles. The van der Waals surface area contributed by atoms with Crippen molar-refractivity contribution in [3.63, 3.8) is 0 Å². The first-order valence-corrected chi connectivity index (χ1v) is 7.10. The zero-order chi connectivity index (χ0) is 14.6. The molecule has 0 aliphatic heterocycles. The van der Waals surface area contributed by atoms with E-state index >= 15 is 0 Å². The molecule has 1 fully saturated rings. The van der Waals surface area contributed by atoms with Crippen molar-refractivity contribution < 1.29 is 14.6 Å². The van der Waals surface area contributed by atoms with E-state index in [1.54, 1.807) is 18.2 Å². The number of hydrogen-bond acceptors (Lipinski definition) is 3. The van der Waals surface area contributed by atoms with Crippen LogP contribution in [0.3, 0.4) is 0 Å². The SMILES string of the molecule is CCOc1ccc(NC(=O)NCC2(O)CCC2)cc1Cl. The highest BCUT2D eigenvalue weighted by molar-refractivity contribution is 6.32. The third-order valence-electron chi connectivity index (χ3n) is 3.35. The Bertz CT molecular complexity index is 489. The first-order chi connectivity index (χ1) is 9.52. The van der Waals surface area contributed by atoms with Gasteiger partial charge in [0.05, 0.1) is 17.2 Å². The van der Waals surface area contributed by atoms with Crippen LogP contribution in [0.5, 0.6) is 5.75 Å². The fraction of sp³-hybridized carbons (Fsp3) is 0.500. The second-order valence-electron chi connectivity index (χ2n) is 4.96. The minimum absolute atomic E-state index is 0.267. The van der Waals surface area contributed by atoms with Crippen LogP contribution in [0.15, 0.2) is 18.2 Å². The molecule has 2 amide bonds. The van der Waals surface area contributed by atoms with E-state index in [1.807, 2.05) is 6.92 Å². The molecule has 20 heavy (non-hydrogen) atoms. The Labute approximate surface area is 123 Å². The molecule has 0 bridgehead atoms. The number of nitrogens with one attached hydrogen (secondary N) is 2. The normalized spacial score (nSPS) is 16.1. The van der Waals surface area contributed by atoms with Crippen molar-refractivity contribution in [2.75, 3.05) is 18.5 Å². The lowest BCUT2D eigenvalue weighted by atomic mass is 9.80. The summed E-state index contributed by atoms with van der Waals surface area (Å²) in [5, 5.41) is 15.7. The Balaban J connectivity index is 1.86. The number of urea groups is 1. The summed E-state index contributed by atoms with van der Waals surface area (Å²) in [4.78, 5) is 11.7. The Morgan fingerprint density at radius 3 is 2.80 bits per heavy atom. The van der Waals surface area contributed by atoms with E-state index in [-0.39, 0.29) is 12.6 Å². The minimum Gasteiger partial charge on any atom is -0.492 e. The van der Waals surface area contributed by atoms with Crippen molar-refractivity contribution in [3.05, 3.63) is 23.2 Å². The topological polar surface area (TPSA) is 70.6 Å². The van der Waals surface area contributed by atoms with Gasteiger partial charge in [-0.05, 0) is 44.4 Å². The molecule has 0 saturated heterocycles. The molecule has 0 spiro atoms. The van der Waals surface area contributed by atoms with E-state index in [0.29, 0.717) is 23.1 Å². The van der Waals surface area contributed by atoms with Crippen LogP contribution in [0, 0.1) is 0 Å². The summed E-state index contributed by atoms with van der Waals surface area (Å²) >= 11 is 6.04. The number of carbonyl (C=O) groups is 1. The summed E-state index contributed by atoms with van der Waals surface area (Å²) in [6.45, 7) is 2.68. The number of aliphatic hydroxyl groups is 1. The summed E-state index contributed by atoms with van der Waals surface area (Å²) in [6, 6.07) is 4.70. The van der Waals surface area contributed by atoms with Gasteiger partial charge in [0.1, 0.15) is 5.75 Å². The Hall–Kier alpha value is -1.46. The van der Waals surface area contributed by atoms with E-state index in [9.17, 15) is 9.90 Å². The second kappa shape index (κ2) is 6.33. The van der Waals surface area contributed by atoms with Gasteiger partial charge in [0.2, 0.25) is 0 Å². The average Bonchev–Trinajstić information content (AvgIpc) is 2.37. The van der Waals surface area contributed by atoms with Gasteiger partial charge in [-0.1, -0.05) is 11.6 Å². The summed E-state index contributed by atoms with van der Waals surface area (Å²) in [7, 11) is 0. The van der Waals surface area contributed by atoms with E-state index in [2.05, 4.69) is 10.6 Å². The molecule has 0 heterocycles. The lowest BCUT2D eigenvalue weighted by Crippen LogP contribution is -2.48. The summed E-state index contributed by atoms with van der Waals surface area (Å²) in [5.74, 6) is 0.587. The van der Waals surface area contributed by atoms with E-state index in [4.69, 9.17) is 16.3 Å². The number of halogens is 1. The Morgan fingerprint density at radius 2 is 2.25 bits per heavy atom. The van der Waals surface area contributed by atoms with Gasteiger partial charge in [0.15, 0.2) is 0 Å². The molecule has 110 valence electrons. The van der Waals surface area contributed by atoms with Crippen LogP contribution < -0.4 is 15.4 Å². The Morgan fingerprint density at radius 1 is 1.50 bits per heavy atom. The fourth-order valence-electron chi connectivity index (χ4n) is 2.03. The third kappa shape index (κ3) is 3.77. The van der Waals surface area contributed by atoms with Crippen LogP contribution in [-0.2, 0) is 0 Å². The molecule has 1 aliphatic carbocycles. The molecule has 3 N–H and O–H groups in total. The van der Waals surface area contributed by atoms with Gasteiger partial charge >= 0.3 is 6.03 Å². The first-order valence-electron chi connectivity index (χ1n) is 6.72. The predicted molar refractivity (Wildman–Crippen MR) is 78.4 cm³/mol. The number of amides is 2. The van der Waals surface area contributed by atoms with Crippen LogP contribution in [-0.4, -0.2) is 29.9 Å². The van der Waals surface area contributed by atoms with E-state index in [0.717, 1.165) is 19.3 Å². The van der Waals surface area contributed by atoms with Crippen LogP contribution in [0.2, 0.25) is 5.02 Å². The van der Waals surface area contributed by atoms with Crippen molar-refractivity contribution in [2.45, 2.75) is 31.8 Å². The molecular weight excluding hydrogens is 280 g/mol. The molecule has 1 aliphatic rings. The van der Waals surface area contributed by atoms with Gasteiger partial charge in [-0.15, -0.1) is 0 Å². The molecule has 5 nitrogen and oxygen atoms in total. The standard InChI is InChI=1S/C14H19ClN2O3/c1-2-20-12-5-4-10(8-11(12)15)17-13(18)16-9-14(19)6-3-7-14/h4-5,8,19H,2-3,6-7,9H2,1H3,(H2,16,17,18). The van der Waals surface area contributed by atoms with Gasteiger partial charge in [-0.2, -0.15) is 0 Å². The predicted octanol–water partition coefficient (Wildman–Crippen LogP) is 2.78. The van der Waals surface area contributed by atoms with Gasteiger partial charge in [-0.3, -0.25) is 0 Å². The number of benzene rings is 1. The van der Waals surface area contributed by atoms with Gasteiger partial charge < -0.3 is 20.5 Å². The van der Waals surface area contributed by atoms with Crippen molar-refractivity contribution in [1.82, 2.24) is 5.32 Å². The van der Waals surface area contributed by atoms with E-state index < -0.39 is 5.60 Å². The molecule has 0 atom stereocenters. The largest absolute Gasteiger partial charge is 0.492 e. The highest BCUT2D eigenvalue weighted by atomic mass is 35.5. The molecule has 6 heteroatoms. The highest BCUT2D eigenvalue weighted by Gasteiger charge is 2.34. The average molecular weight is 299 g/mol. The van der Waals surface area contributed by atoms with Crippen molar-refractivity contribution in [1.29, 1.82) is 0 Å². The van der Waals surface area contributed by atoms with Crippen LogP contribution in [0.4, 0.5) is 10.5 Å². The zero-order valence-electron chi connectivity index (χ0n) is 11.4. The smallest absolute Gasteiger partial charge is 0.319 e. The maximum atomic E-state index is 11.7. The summed E-state index contributed by atoms with van der Waals surface area (Å²) in [6.07, 6.45) is 2.48. The molecule has 0 unspecified atom stereocenters. The number of anilines is 1. The molecule has 2 rings (SSSR count). The lowest BCUT2D eigenvalue weighted by Gasteiger charge is -2.36. The number of carbonyl (C=O) groups excluding carboxylic acids is 1. The monoisotopic (exact) mass is 298 g/mol. The van der Waals surface area contributed by atoms with Gasteiger partial charge in [0, 0.05) is 12.2 Å². The van der Waals surface area contributed by atoms with Crippen LogP contribution in [0.1, 0.15) is 26.2 Å². The van der Waals surface area contributed by atoms with Crippen molar-refractivity contribution in [2.24, 2.45) is 0 Å². The molecule has 1 saturated carbocycles. The second-order valence-corrected chi connectivity index (χ2v) is 5.37. The Kier molecular flexibility index (Phi) is 4.73.